The average Bonchev–Trinajstić information content (AvgIpc) is 3.06. The van der Waals surface area contributed by atoms with Gasteiger partial charge in [0.25, 0.3) is 0 Å². The fourth-order valence-electron chi connectivity index (χ4n) is 8.12. The summed E-state index contributed by atoms with van der Waals surface area (Å²) < 4.78 is 54.3. The smallest absolute Gasteiger partial charge is 0.391 e. The van der Waals surface area contributed by atoms with Crippen molar-refractivity contribution < 1.29 is 20.6 Å². The van der Waals surface area contributed by atoms with Gasteiger partial charge in [0.1, 0.15) is 0 Å². The second kappa shape index (κ2) is 20.6. The van der Waals surface area contributed by atoms with E-state index < -0.39 is 43.6 Å². The molecule has 50 heavy (non-hydrogen) atoms. The third-order valence-corrected chi connectivity index (χ3v) is 37.7. The van der Waals surface area contributed by atoms with Crippen LogP contribution in [0.5, 0.6) is 0 Å². The number of hydrogen-bond acceptors (Lipinski definition) is 10. The van der Waals surface area contributed by atoms with Crippen LogP contribution >= 0.6 is 0 Å². The van der Waals surface area contributed by atoms with E-state index in [1.54, 1.807) is 0 Å². The Balaban J connectivity index is 5.04. The van der Waals surface area contributed by atoms with Crippen molar-refractivity contribution in [2.24, 2.45) is 0 Å². The van der Waals surface area contributed by atoms with Crippen LogP contribution in [0.3, 0.4) is 0 Å². The highest BCUT2D eigenvalue weighted by atomic mass is 28.5. The molecule has 1 aliphatic rings. The van der Waals surface area contributed by atoms with Gasteiger partial charge in [-0.15, -0.1) is 0 Å². The highest BCUT2D eigenvalue weighted by Gasteiger charge is 2.72. The lowest BCUT2D eigenvalue weighted by molar-refractivity contribution is 0.0815. The molecule has 15 heteroatoms. The molecule has 1 rings (SSSR count). The molecule has 0 N–H and O–H groups in total. The number of hydrogen-bond donors (Lipinski definition) is 0. The normalized spacial score (nSPS) is 30.6. The summed E-state index contributed by atoms with van der Waals surface area (Å²) >= 11 is 0. The van der Waals surface area contributed by atoms with Gasteiger partial charge in [0.15, 0.2) is 0 Å². The molecule has 0 amide bonds. The van der Waals surface area contributed by atoms with Gasteiger partial charge in [0, 0.05) is 27.7 Å². The van der Waals surface area contributed by atoms with Crippen LogP contribution in [0.4, 0.5) is 0 Å². The molecule has 0 aliphatic carbocycles. The largest absolute Gasteiger partial charge is 0.414 e. The van der Waals surface area contributed by atoms with Gasteiger partial charge >= 0.3 is 43.6 Å². The highest BCUT2D eigenvalue weighted by Crippen LogP contribution is 2.49. The third kappa shape index (κ3) is 9.04. The predicted octanol–water partition coefficient (Wildman–Crippen LogP) is 8.54. The fourth-order valence-corrected chi connectivity index (χ4v) is 41.9. The van der Waals surface area contributed by atoms with Gasteiger partial charge in [-0.25, -0.2) is 0 Å². The van der Waals surface area contributed by atoms with Crippen LogP contribution < -0.4 is 0 Å². The van der Waals surface area contributed by atoms with Crippen molar-refractivity contribution in [3.63, 3.8) is 0 Å². The second-order valence-electron chi connectivity index (χ2n) is 15.3. The zero-order valence-corrected chi connectivity index (χ0v) is 41.7. The SMILES string of the molecule is CCN(CC)[Si]1(C(C)C)O[Si](C(C)C)(N(CC)CC)O[Si](C(C)C)(N(CC)CC)O[Si](C(C)C)(N(CC)CC)O[Si](C(C)C)(N(CC)CC)O1. The molecule has 10 nitrogen and oxygen atoms in total. The van der Waals surface area contributed by atoms with Gasteiger partial charge in [-0.1, -0.05) is 138 Å². The maximum absolute atomic E-state index is 8.29. The lowest BCUT2D eigenvalue weighted by atomic mass is 10.6. The van der Waals surface area contributed by atoms with Crippen molar-refractivity contribution in [3.05, 3.63) is 0 Å². The summed E-state index contributed by atoms with van der Waals surface area (Å²) in [4.78, 5) is 0. The van der Waals surface area contributed by atoms with Gasteiger partial charge < -0.3 is 20.6 Å². The highest BCUT2D eigenvalue weighted by molar-refractivity contribution is 6.94. The molecule has 1 fully saturated rings. The van der Waals surface area contributed by atoms with E-state index in [9.17, 15) is 0 Å². The van der Waals surface area contributed by atoms with E-state index in [0.717, 1.165) is 65.4 Å². The Bertz CT molecular complexity index is 778. The monoisotopic (exact) mass is 796 g/mol. The first-order valence-corrected chi connectivity index (χ1v) is 29.8. The quantitative estimate of drug-likeness (QED) is 0.112. The standard InChI is InChI=1S/C35H85N5O5Si5/c1-21-36(22-2)46(31(11)12)41-47(32(13)14,37(23-3)24-4)43-49(34(17)18,39(27-7)28-8)45-50(35(19)20,40(29-9)30-10)44-48(42-46,33(15)16)38(25-5)26-6/h31-35H,21-30H2,1-20H3. The van der Waals surface area contributed by atoms with Crippen LogP contribution in [0.25, 0.3) is 0 Å². The van der Waals surface area contributed by atoms with Crippen molar-refractivity contribution in [3.8, 4) is 0 Å². The molecule has 0 aromatic heterocycles. The van der Waals surface area contributed by atoms with Crippen LogP contribution in [-0.2, 0) is 20.6 Å². The molecule has 0 atom stereocenters. The summed E-state index contributed by atoms with van der Waals surface area (Å²) in [5.41, 5.74) is 0.576. The zero-order valence-electron chi connectivity index (χ0n) is 36.7. The second-order valence-corrected chi connectivity index (χ2v) is 34.6. The van der Waals surface area contributed by atoms with E-state index >= 15 is 0 Å². The van der Waals surface area contributed by atoms with E-state index in [2.05, 4.69) is 161 Å². The van der Waals surface area contributed by atoms with E-state index in [1.807, 2.05) is 0 Å². The Morgan fingerprint density at radius 3 is 0.420 bits per heavy atom. The maximum Gasteiger partial charge on any atom is 0.414 e. The van der Waals surface area contributed by atoms with Gasteiger partial charge in [0.2, 0.25) is 0 Å². The molecule has 0 aromatic rings. The van der Waals surface area contributed by atoms with Gasteiger partial charge in [-0.05, 0) is 65.4 Å². The molecule has 0 spiro atoms. The first kappa shape index (κ1) is 48.7. The van der Waals surface area contributed by atoms with Crippen LogP contribution in [0, 0.1) is 0 Å². The Morgan fingerprint density at radius 1 is 0.260 bits per heavy atom. The molecular formula is C35H85N5O5Si5. The lowest BCUT2D eigenvalue weighted by Gasteiger charge is -2.62. The minimum absolute atomic E-state index is 0.115. The molecule has 0 radical (unpaired) electrons. The first-order valence-electron chi connectivity index (χ1n) is 20.6. The zero-order chi connectivity index (χ0) is 38.9. The topological polar surface area (TPSA) is 62.3 Å². The first-order chi connectivity index (χ1) is 23.3. The van der Waals surface area contributed by atoms with Gasteiger partial charge in [-0.2, -0.15) is 0 Å². The van der Waals surface area contributed by atoms with Crippen molar-refractivity contribution >= 4 is 43.6 Å². The maximum atomic E-state index is 8.29. The summed E-state index contributed by atoms with van der Waals surface area (Å²) in [7, 11) is -16.7. The third-order valence-electron chi connectivity index (χ3n) is 11.1. The minimum Gasteiger partial charge on any atom is -0.391 e. The number of rotatable bonds is 20. The Kier molecular flexibility index (Phi) is 20.0. The van der Waals surface area contributed by atoms with E-state index in [1.165, 1.54) is 0 Å². The molecule has 300 valence electrons. The van der Waals surface area contributed by atoms with Crippen LogP contribution in [-0.4, -0.2) is 132 Å². The molecule has 1 heterocycles. The molecule has 0 saturated carbocycles. The molecule has 1 aliphatic heterocycles. The summed E-state index contributed by atoms with van der Waals surface area (Å²) in [5, 5.41) is 0. The van der Waals surface area contributed by atoms with Crippen molar-refractivity contribution in [1.82, 2.24) is 22.8 Å². The van der Waals surface area contributed by atoms with Crippen molar-refractivity contribution in [1.29, 1.82) is 0 Å². The molecular weight excluding hydrogens is 711 g/mol. The Hall–Kier alpha value is 0.684. The fraction of sp³-hybridized carbons (Fsp3) is 1.00. The predicted molar refractivity (Wildman–Crippen MR) is 224 cm³/mol. The molecule has 0 unspecified atom stereocenters. The summed E-state index contributed by atoms with van der Waals surface area (Å²) in [6.45, 7) is 54.5. The van der Waals surface area contributed by atoms with E-state index in [0.29, 0.717) is 0 Å². The minimum atomic E-state index is -3.34. The van der Waals surface area contributed by atoms with Gasteiger partial charge in [0.05, 0.1) is 0 Å². The summed E-state index contributed by atoms with van der Waals surface area (Å²) in [6.07, 6.45) is 0. The molecule has 1 saturated heterocycles. The Morgan fingerprint density at radius 2 is 0.360 bits per heavy atom. The average molecular weight is 797 g/mol. The van der Waals surface area contributed by atoms with Crippen LogP contribution in [0.15, 0.2) is 0 Å². The van der Waals surface area contributed by atoms with Crippen molar-refractivity contribution in [2.75, 3.05) is 65.4 Å². The van der Waals surface area contributed by atoms with Crippen LogP contribution in [0.1, 0.15) is 138 Å². The molecule has 0 aromatic carbocycles. The van der Waals surface area contributed by atoms with E-state index in [-0.39, 0.29) is 27.7 Å². The summed E-state index contributed by atoms with van der Waals surface area (Å²) in [5.74, 6) is 0. The van der Waals surface area contributed by atoms with Crippen LogP contribution in [0.2, 0.25) is 27.7 Å². The lowest BCUT2D eigenvalue weighted by Crippen LogP contribution is -2.84. The Labute approximate surface area is 317 Å². The van der Waals surface area contributed by atoms with E-state index in [4.69, 9.17) is 20.6 Å². The summed E-state index contributed by atoms with van der Waals surface area (Å²) in [6, 6.07) is 0. The number of nitrogens with zero attached hydrogens (tertiary/aromatic N) is 5. The van der Waals surface area contributed by atoms with Gasteiger partial charge in [-0.3, -0.25) is 22.8 Å². The molecule has 0 bridgehead atoms. The van der Waals surface area contributed by atoms with Crippen molar-refractivity contribution in [2.45, 2.75) is 166 Å².